The summed E-state index contributed by atoms with van der Waals surface area (Å²) in [5.74, 6) is 1.11. The zero-order valence-electron chi connectivity index (χ0n) is 13.1. The first-order valence-corrected chi connectivity index (χ1v) is 8.51. The van der Waals surface area contributed by atoms with Gasteiger partial charge >= 0.3 is 0 Å². The minimum atomic E-state index is 0.400. The molecule has 1 aliphatic heterocycles. The summed E-state index contributed by atoms with van der Waals surface area (Å²) >= 11 is 0. The molecule has 1 aliphatic rings. The van der Waals surface area contributed by atoms with Gasteiger partial charge in [-0.05, 0) is 25.2 Å². The molecule has 2 heteroatoms. The van der Waals surface area contributed by atoms with Crippen molar-refractivity contribution in [1.82, 2.24) is 4.90 Å². The van der Waals surface area contributed by atoms with E-state index < -0.39 is 0 Å². The number of carbonyl (C=O) groups is 1. The van der Waals surface area contributed by atoms with Crippen LogP contribution in [0.2, 0.25) is 0 Å². The number of unbranched alkanes of at least 4 members (excludes halogenated alkanes) is 7. The van der Waals surface area contributed by atoms with E-state index in [4.69, 9.17) is 0 Å². The Labute approximate surface area is 119 Å². The largest absolute Gasteiger partial charge is 0.342 e. The van der Waals surface area contributed by atoms with Crippen molar-refractivity contribution in [2.45, 2.75) is 84.5 Å². The van der Waals surface area contributed by atoms with Crippen LogP contribution in [0.3, 0.4) is 0 Å². The lowest BCUT2D eigenvalue weighted by atomic mass is 9.99. The Morgan fingerprint density at radius 2 is 1.68 bits per heavy atom. The quantitative estimate of drug-likeness (QED) is 0.551. The van der Waals surface area contributed by atoms with E-state index in [0.717, 1.165) is 25.9 Å². The van der Waals surface area contributed by atoms with Crippen molar-refractivity contribution in [2.75, 3.05) is 13.1 Å². The molecule has 1 saturated heterocycles. The molecular weight excluding hydrogens is 234 g/mol. The van der Waals surface area contributed by atoms with E-state index in [1.54, 1.807) is 0 Å². The minimum absolute atomic E-state index is 0.400. The molecule has 1 amide bonds. The Kier molecular flexibility index (Phi) is 8.94. The molecule has 1 atom stereocenters. The zero-order chi connectivity index (χ0) is 13.9. The Hall–Kier alpha value is -0.530. The maximum absolute atomic E-state index is 12.0. The summed E-state index contributed by atoms with van der Waals surface area (Å²) in [6, 6.07) is 0. The first kappa shape index (κ1) is 16.5. The van der Waals surface area contributed by atoms with Crippen LogP contribution in [0, 0.1) is 5.92 Å². The predicted molar refractivity (Wildman–Crippen MR) is 82.2 cm³/mol. The van der Waals surface area contributed by atoms with Gasteiger partial charge in [0.2, 0.25) is 5.91 Å². The second-order valence-corrected chi connectivity index (χ2v) is 6.31. The fourth-order valence-electron chi connectivity index (χ4n) is 2.98. The van der Waals surface area contributed by atoms with Gasteiger partial charge < -0.3 is 4.90 Å². The Balaban J connectivity index is 1.95. The van der Waals surface area contributed by atoms with Crippen LogP contribution >= 0.6 is 0 Å². The Morgan fingerprint density at radius 1 is 1.05 bits per heavy atom. The standard InChI is InChI=1S/C17H33NO/c1-3-4-5-6-7-8-9-10-13-17(19)18-14-11-12-16(2)15-18/h16H,3-15H2,1-2H3. The first-order chi connectivity index (χ1) is 9.24. The monoisotopic (exact) mass is 267 g/mol. The maximum atomic E-state index is 12.0. The predicted octanol–water partition coefficient (Wildman–Crippen LogP) is 4.78. The van der Waals surface area contributed by atoms with E-state index in [-0.39, 0.29) is 0 Å². The van der Waals surface area contributed by atoms with Gasteiger partial charge in [-0.15, -0.1) is 0 Å². The highest BCUT2D eigenvalue weighted by molar-refractivity contribution is 5.76. The number of hydrogen-bond donors (Lipinski definition) is 0. The summed E-state index contributed by atoms with van der Waals surface area (Å²) in [6.45, 7) is 6.51. The molecule has 0 aliphatic carbocycles. The molecule has 1 rings (SSSR count). The fraction of sp³-hybridized carbons (Fsp3) is 0.941. The molecular formula is C17H33NO. The van der Waals surface area contributed by atoms with Gasteiger partial charge in [-0.25, -0.2) is 0 Å². The van der Waals surface area contributed by atoms with Crippen LogP contribution < -0.4 is 0 Å². The molecule has 0 aromatic rings. The lowest BCUT2D eigenvalue weighted by Crippen LogP contribution is -2.38. The molecule has 1 unspecified atom stereocenters. The van der Waals surface area contributed by atoms with Gasteiger partial charge in [0.05, 0.1) is 0 Å². The number of rotatable bonds is 9. The van der Waals surface area contributed by atoms with Crippen LogP contribution in [-0.2, 0) is 4.79 Å². The van der Waals surface area contributed by atoms with Gasteiger partial charge in [-0.1, -0.05) is 58.8 Å². The topological polar surface area (TPSA) is 20.3 Å². The summed E-state index contributed by atoms with van der Waals surface area (Å²) in [6.07, 6.45) is 13.7. The molecule has 2 nitrogen and oxygen atoms in total. The van der Waals surface area contributed by atoms with E-state index >= 15 is 0 Å². The van der Waals surface area contributed by atoms with Gasteiger partial charge in [-0.3, -0.25) is 4.79 Å². The summed E-state index contributed by atoms with van der Waals surface area (Å²) in [5, 5.41) is 0. The van der Waals surface area contributed by atoms with Gasteiger partial charge in [0, 0.05) is 19.5 Å². The van der Waals surface area contributed by atoms with E-state index in [1.807, 2.05) is 0 Å². The van der Waals surface area contributed by atoms with Crippen LogP contribution in [0.4, 0.5) is 0 Å². The molecule has 0 N–H and O–H groups in total. The van der Waals surface area contributed by atoms with Crippen molar-refractivity contribution in [1.29, 1.82) is 0 Å². The highest BCUT2D eigenvalue weighted by Crippen LogP contribution is 2.17. The molecule has 112 valence electrons. The van der Waals surface area contributed by atoms with Gasteiger partial charge in [-0.2, -0.15) is 0 Å². The molecule has 0 spiro atoms. The highest BCUT2D eigenvalue weighted by Gasteiger charge is 2.19. The van der Waals surface area contributed by atoms with Crippen molar-refractivity contribution in [3.05, 3.63) is 0 Å². The zero-order valence-corrected chi connectivity index (χ0v) is 13.1. The third kappa shape index (κ3) is 7.59. The van der Waals surface area contributed by atoms with E-state index in [1.165, 1.54) is 57.8 Å². The summed E-state index contributed by atoms with van der Waals surface area (Å²) < 4.78 is 0. The van der Waals surface area contributed by atoms with Crippen molar-refractivity contribution in [2.24, 2.45) is 5.92 Å². The van der Waals surface area contributed by atoms with Crippen LogP contribution in [0.25, 0.3) is 0 Å². The SMILES string of the molecule is CCCCCCCCCCC(=O)N1CCCC(C)C1. The molecule has 19 heavy (non-hydrogen) atoms. The summed E-state index contributed by atoms with van der Waals surface area (Å²) in [4.78, 5) is 14.1. The number of likely N-dealkylation sites (tertiary alicyclic amines) is 1. The third-order valence-electron chi connectivity index (χ3n) is 4.25. The number of amides is 1. The lowest BCUT2D eigenvalue weighted by Gasteiger charge is -2.31. The molecule has 0 radical (unpaired) electrons. The van der Waals surface area contributed by atoms with Crippen molar-refractivity contribution in [3.8, 4) is 0 Å². The Bertz CT molecular complexity index is 239. The van der Waals surface area contributed by atoms with Crippen molar-refractivity contribution in [3.63, 3.8) is 0 Å². The molecule has 0 aromatic carbocycles. The fourth-order valence-corrected chi connectivity index (χ4v) is 2.98. The Morgan fingerprint density at radius 3 is 2.32 bits per heavy atom. The molecule has 0 saturated carbocycles. The number of nitrogens with zero attached hydrogens (tertiary/aromatic N) is 1. The number of piperidine rings is 1. The van der Waals surface area contributed by atoms with Gasteiger partial charge in [0.15, 0.2) is 0 Å². The smallest absolute Gasteiger partial charge is 0.222 e. The van der Waals surface area contributed by atoms with Gasteiger partial charge in [0.1, 0.15) is 0 Å². The van der Waals surface area contributed by atoms with Crippen LogP contribution in [0.1, 0.15) is 84.5 Å². The molecule has 1 fully saturated rings. The number of carbonyl (C=O) groups excluding carboxylic acids is 1. The van der Waals surface area contributed by atoms with Gasteiger partial charge in [0.25, 0.3) is 0 Å². The molecule has 0 aromatic heterocycles. The minimum Gasteiger partial charge on any atom is -0.342 e. The second kappa shape index (κ2) is 10.3. The highest BCUT2D eigenvalue weighted by atomic mass is 16.2. The van der Waals surface area contributed by atoms with Crippen LogP contribution in [0.5, 0.6) is 0 Å². The maximum Gasteiger partial charge on any atom is 0.222 e. The lowest BCUT2D eigenvalue weighted by molar-refractivity contribution is -0.133. The van der Waals surface area contributed by atoms with Crippen molar-refractivity contribution >= 4 is 5.91 Å². The first-order valence-electron chi connectivity index (χ1n) is 8.51. The summed E-state index contributed by atoms with van der Waals surface area (Å²) in [7, 11) is 0. The molecule has 0 bridgehead atoms. The average Bonchev–Trinajstić information content (AvgIpc) is 2.41. The van der Waals surface area contributed by atoms with E-state index in [2.05, 4.69) is 18.7 Å². The van der Waals surface area contributed by atoms with Crippen LogP contribution in [-0.4, -0.2) is 23.9 Å². The second-order valence-electron chi connectivity index (χ2n) is 6.31. The number of hydrogen-bond acceptors (Lipinski definition) is 1. The van der Waals surface area contributed by atoms with Crippen LogP contribution in [0.15, 0.2) is 0 Å². The van der Waals surface area contributed by atoms with E-state index in [9.17, 15) is 4.79 Å². The molecule has 1 heterocycles. The van der Waals surface area contributed by atoms with E-state index in [0.29, 0.717) is 11.8 Å². The summed E-state index contributed by atoms with van der Waals surface area (Å²) in [5.41, 5.74) is 0. The third-order valence-corrected chi connectivity index (χ3v) is 4.25. The normalized spacial score (nSPS) is 19.7. The average molecular weight is 267 g/mol. The van der Waals surface area contributed by atoms with Crippen molar-refractivity contribution < 1.29 is 4.79 Å².